The molecule has 1 unspecified atom stereocenters. The number of carbonyl (C=O) groups is 5. The van der Waals surface area contributed by atoms with Crippen molar-refractivity contribution in [3.63, 3.8) is 0 Å². The van der Waals surface area contributed by atoms with Gasteiger partial charge >= 0.3 is 5.97 Å². The molecule has 0 radical (unpaired) electrons. The lowest BCUT2D eigenvalue weighted by molar-refractivity contribution is -0.171. The average Bonchev–Trinajstić information content (AvgIpc) is 3.07. The van der Waals surface area contributed by atoms with Crippen LogP contribution in [0.4, 0.5) is 0 Å². The van der Waals surface area contributed by atoms with Crippen molar-refractivity contribution in [3.05, 3.63) is 102 Å². The van der Waals surface area contributed by atoms with Crippen molar-refractivity contribution in [3.8, 4) is 11.5 Å². The van der Waals surface area contributed by atoms with Crippen LogP contribution in [0.1, 0.15) is 56.1 Å². The van der Waals surface area contributed by atoms with E-state index in [0.717, 1.165) is 10.0 Å². The zero-order valence-corrected chi connectivity index (χ0v) is 28.2. The normalized spacial score (nSPS) is 15.1. The topological polar surface area (TPSA) is 123 Å². The Bertz CT molecular complexity index is 1690. The lowest BCUT2D eigenvalue weighted by Gasteiger charge is -2.46. The minimum atomic E-state index is -1.48. The van der Waals surface area contributed by atoms with Crippen molar-refractivity contribution in [2.45, 2.75) is 59.2 Å². The van der Waals surface area contributed by atoms with Crippen LogP contribution in [0.2, 0.25) is 0 Å². The van der Waals surface area contributed by atoms with E-state index in [4.69, 9.17) is 14.2 Å². The van der Waals surface area contributed by atoms with Gasteiger partial charge in [0.1, 0.15) is 12.1 Å². The van der Waals surface area contributed by atoms with Gasteiger partial charge in [-0.3, -0.25) is 24.1 Å². The van der Waals surface area contributed by atoms with Crippen molar-refractivity contribution < 1.29 is 38.2 Å². The number of Topliss-reactive ketones (excluding diaryl/α,β-unsaturated/α-hetero) is 1. The molecule has 1 aliphatic rings. The number of hydrogen-bond acceptors (Lipinski definition) is 8. The number of nitrogens with zero attached hydrogens (tertiary/aromatic N) is 3. The highest BCUT2D eigenvalue weighted by Gasteiger charge is 2.47. The van der Waals surface area contributed by atoms with Crippen molar-refractivity contribution in [2.75, 3.05) is 14.2 Å². The molecule has 0 saturated carbocycles. The lowest BCUT2D eigenvalue weighted by atomic mass is 9.96. The first-order valence-corrected chi connectivity index (χ1v) is 15.6. The van der Waals surface area contributed by atoms with Crippen LogP contribution in [0, 0.1) is 5.92 Å². The molecule has 1 aliphatic heterocycles. The maximum Gasteiger partial charge on any atom is 0.377 e. The maximum absolute atomic E-state index is 14.9. The number of ether oxygens (including phenoxy) is 3. The zero-order valence-electron chi connectivity index (χ0n) is 28.2. The number of rotatable bonds is 12. The van der Waals surface area contributed by atoms with Gasteiger partial charge in [-0.2, -0.15) is 0 Å². The number of methoxy groups -OCH3 is 2. The second kappa shape index (κ2) is 15.4. The molecule has 11 heteroatoms. The zero-order chi connectivity index (χ0) is 35.1. The van der Waals surface area contributed by atoms with E-state index in [0.29, 0.717) is 28.2 Å². The molecule has 0 N–H and O–H groups in total. The molecule has 0 bridgehead atoms. The SMILES string of the molecule is COc1ccc(C2=CN(C(=O)c3ccccc3)C(C(C)C)C(=O)N2N(C(C)=O)[C@@H](Cc2ccccc2)C(=O)C(=O)OC(C)C)cc1OC. The highest BCUT2D eigenvalue weighted by molar-refractivity contribution is 6.36. The van der Waals surface area contributed by atoms with Crippen molar-refractivity contribution >= 4 is 35.2 Å². The number of esters is 1. The quantitative estimate of drug-likeness (QED) is 0.199. The highest BCUT2D eigenvalue weighted by Crippen LogP contribution is 2.37. The monoisotopic (exact) mass is 655 g/mol. The third kappa shape index (κ3) is 7.57. The Morgan fingerprint density at radius 1 is 0.833 bits per heavy atom. The Labute approximate surface area is 280 Å². The van der Waals surface area contributed by atoms with E-state index in [1.54, 1.807) is 107 Å². The first kappa shape index (κ1) is 35.4. The number of hydrogen-bond donors (Lipinski definition) is 0. The summed E-state index contributed by atoms with van der Waals surface area (Å²) in [6.07, 6.45) is 0.787. The van der Waals surface area contributed by atoms with Gasteiger partial charge in [-0.1, -0.05) is 62.4 Å². The van der Waals surface area contributed by atoms with Gasteiger partial charge in [-0.05, 0) is 55.7 Å². The van der Waals surface area contributed by atoms with Gasteiger partial charge in [0.25, 0.3) is 17.6 Å². The van der Waals surface area contributed by atoms with Gasteiger partial charge in [0.05, 0.1) is 26.0 Å². The second-order valence-corrected chi connectivity index (χ2v) is 11.9. The molecule has 1 heterocycles. The summed E-state index contributed by atoms with van der Waals surface area (Å²) in [5.74, 6) is -3.63. The van der Waals surface area contributed by atoms with E-state index in [2.05, 4.69) is 0 Å². The van der Waals surface area contributed by atoms with Gasteiger partial charge in [0.2, 0.25) is 5.91 Å². The fraction of sp³-hybridized carbons (Fsp3) is 0.324. The molecule has 2 atom stereocenters. The summed E-state index contributed by atoms with van der Waals surface area (Å²) < 4.78 is 16.2. The molecule has 48 heavy (non-hydrogen) atoms. The Balaban J connectivity index is 2.00. The highest BCUT2D eigenvalue weighted by atomic mass is 16.5. The number of amides is 3. The first-order chi connectivity index (χ1) is 22.9. The van der Waals surface area contributed by atoms with Gasteiger partial charge in [-0.25, -0.2) is 14.8 Å². The summed E-state index contributed by atoms with van der Waals surface area (Å²) in [5.41, 5.74) is 1.46. The molecule has 0 spiro atoms. The minimum absolute atomic E-state index is 0.0976. The molecule has 4 rings (SSSR count). The molecule has 252 valence electrons. The summed E-state index contributed by atoms with van der Waals surface area (Å²) in [4.78, 5) is 71.1. The van der Waals surface area contributed by atoms with Gasteiger partial charge < -0.3 is 14.2 Å². The van der Waals surface area contributed by atoms with E-state index >= 15 is 0 Å². The molecule has 3 aromatic carbocycles. The Morgan fingerprint density at radius 3 is 1.98 bits per heavy atom. The molecule has 0 aromatic heterocycles. The number of ketones is 1. The molecule has 0 fully saturated rings. The van der Waals surface area contributed by atoms with E-state index in [9.17, 15) is 24.0 Å². The van der Waals surface area contributed by atoms with Crippen LogP contribution in [-0.2, 0) is 30.3 Å². The summed E-state index contributed by atoms with van der Waals surface area (Å²) in [6.45, 7) is 8.00. The van der Waals surface area contributed by atoms with Gasteiger partial charge in [-0.15, -0.1) is 0 Å². The third-order valence-corrected chi connectivity index (χ3v) is 7.77. The van der Waals surface area contributed by atoms with E-state index < -0.39 is 53.6 Å². The van der Waals surface area contributed by atoms with Crippen LogP contribution in [0.15, 0.2) is 85.1 Å². The maximum atomic E-state index is 14.9. The number of carbonyl (C=O) groups excluding carboxylic acids is 5. The Kier molecular flexibility index (Phi) is 11.4. The van der Waals surface area contributed by atoms with Crippen LogP contribution in [0.5, 0.6) is 11.5 Å². The van der Waals surface area contributed by atoms with Crippen LogP contribution in [0.3, 0.4) is 0 Å². The smallest absolute Gasteiger partial charge is 0.377 e. The second-order valence-electron chi connectivity index (χ2n) is 11.9. The molecule has 3 aromatic rings. The molecular weight excluding hydrogens is 614 g/mol. The average molecular weight is 656 g/mol. The Hall–Kier alpha value is -5.45. The first-order valence-electron chi connectivity index (χ1n) is 15.6. The van der Waals surface area contributed by atoms with Crippen LogP contribution in [0.25, 0.3) is 5.70 Å². The molecule has 0 saturated heterocycles. The largest absolute Gasteiger partial charge is 0.493 e. The number of hydrazine groups is 1. The van der Waals surface area contributed by atoms with Gasteiger partial charge in [0.15, 0.2) is 11.5 Å². The van der Waals surface area contributed by atoms with Crippen molar-refractivity contribution in [2.24, 2.45) is 5.92 Å². The van der Waals surface area contributed by atoms with Gasteiger partial charge in [0, 0.05) is 30.7 Å². The van der Waals surface area contributed by atoms with E-state index in [1.165, 1.54) is 32.2 Å². The fourth-order valence-corrected chi connectivity index (χ4v) is 5.60. The molecular formula is C37H41N3O8. The lowest BCUT2D eigenvalue weighted by Crippen LogP contribution is -2.64. The van der Waals surface area contributed by atoms with Crippen molar-refractivity contribution in [1.82, 2.24) is 14.9 Å². The summed E-state index contributed by atoms with van der Waals surface area (Å²) in [6, 6.07) is 19.7. The van der Waals surface area contributed by atoms with Crippen LogP contribution >= 0.6 is 0 Å². The molecule has 3 amide bonds. The predicted molar refractivity (Wildman–Crippen MR) is 178 cm³/mol. The van der Waals surface area contributed by atoms with E-state index in [1.807, 2.05) is 0 Å². The van der Waals surface area contributed by atoms with Crippen LogP contribution in [-0.4, -0.2) is 76.8 Å². The standard InChI is InChI=1S/C37H41N3O8/c1-23(2)33-36(44)40(39(25(5)41)29(20-26-14-10-8-11-15-26)34(42)37(45)48-24(3)4)30(28-18-19-31(46-6)32(21-28)47-7)22-38(33)35(43)27-16-12-9-13-17-27/h8-19,21-24,29,33H,20H2,1-7H3/t29-,33?/m0/s1. The van der Waals surface area contributed by atoms with Crippen molar-refractivity contribution in [1.29, 1.82) is 0 Å². The predicted octanol–water partition coefficient (Wildman–Crippen LogP) is 4.91. The molecule has 11 nitrogen and oxygen atoms in total. The summed E-state index contributed by atoms with van der Waals surface area (Å²) in [7, 11) is 2.94. The molecule has 0 aliphatic carbocycles. The fourth-order valence-electron chi connectivity index (χ4n) is 5.60. The van der Waals surface area contributed by atoms with Crippen LogP contribution < -0.4 is 9.47 Å². The summed E-state index contributed by atoms with van der Waals surface area (Å²) in [5, 5.41) is 2.11. The Morgan fingerprint density at radius 2 is 1.44 bits per heavy atom. The third-order valence-electron chi connectivity index (χ3n) is 7.77. The number of benzene rings is 3. The minimum Gasteiger partial charge on any atom is -0.493 e. The van der Waals surface area contributed by atoms with E-state index in [-0.39, 0.29) is 12.1 Å². The summed E-state index contributed by atoms with van der Waals surface area (Å²) >= 11 is 0.